The summed E-state index contributed by atoms with van der Waals surface area (Å²) in [7, 11) is 0. The fraction of sp³-hybridized carbons (Fsp3) is 0.348. The average Bonchev–Trinajstić information content (AvgIpc) is 3.02. The summed E-state index contributed by atoms with van der Waals surface area (Å²) in [6, 6.07) is 0.768. The van der Waals surface area contributed by atoms with Gasteiger partial charge < -0.3 is 19.9 Å². The molecule has 5 rings (SSSR count). The molecule has 0 radical (unpaired) electrons. The zero-order valence-electron chi connectivity index (χ0n) is 17.6. The predicted molar refractivity (Wildman–Crippen MR) is 110 cm³/mol. The Labute approximate surface area is 186 Å². The Morgan fingerprint density at radius 1 is 1.24 bits per heavy atom. The van der Waals surface area contributed by atoms with Gasteiger partial charge in [0.2, 0.25) is 5.43 Å². The van der Waals surface area contributed by atoms with Crippen LogP contribution in [0.15, 0.2) is 29.1 Å². The molecular formula is C23H20F3N3O4. The van der Waals surface area contributed by atoms with Crippen LogP contribution in [0.2, 0.25) is 0 Å². The summed E-state index contributed by atoms with van der Waals surface area (Å²) in [5, 5.41) is 13.0. The van der Waals surface area contributed by atoms with E-state index in [0.717, 1.165) is 0 Å². The summed E-state index contributed by atoms with van der Waals surface area (Å²) < 4.78 is 42.7. The number of allylic oxidation sites excluding steroid dienone is 1. The zero-order valence-corrected chi connectivity index (χ0v) is 17.6. The minimum atomic E-state index is -1.17. The molecule has 3 aliphatic heterocycles. The number of pyridine rings is 1. The molecule has 172 valence electrons. The van der Waals surface area contributed by atoms with E-state index in [1.807, 2.05) is 19.1 Å². The lowest BCUT2D eigenvalue weighted by Gasteiger charge is -2.43. The maximum atomic E-state index is 14.0. The summed E-state index contributed by atoms with van der Waals surface area (Å²) in [5.41, 5.74) is -2.37. The molecule has 10 heteroatoms. The molecule has 2 atom stereocenters. The Morgan fingerprint density at radius 2 is 1.94 bits per heavy atom. The molecule has 2 bridgehead atoms. The van der Waals surface area contributed by atoms with Gasteiger partial charge >= 0.3 is 0 Å². The third-order valence-corrected chi connectivity index (χ3v) is 6.84. The highest BCUT2D eigenvalue weighted by Crippen LogP contribution is 2.45. The molecule has 1 spiro atoms. The Balaban J connectivity index is 1.58. The maximum absolute atomic E-state index is 14.0. The highest BCUT2D eigenvalue weighted by atomic mass is 19.1. The molecule has 2 aromatic rings. The topological polar surface area (TPSA) is 91.6 Å². The molecule has 0 saturated carbocycles. The van der Waals surface area contributed by atoms with Gasteiger partial charge in [-0.25, -0.2) is 13.2 Å². The first-order chi connectivity index (χ1) is 15.6. The third kappa shape index (κ3) is 3.00. The number of hydrogen-bond acceptors (Lipinski definition) is 4. The Hall–Kier alpha value is -3.56. The molecule has 2 amide bonds. The second kappa shape index (κ2) is 7.23. The normalized spacial score (nSPS) is 22.8. The summed E-state index contributed by atoms with van der Waals surface area (Å²) >= 11 is 0. The van der Waals surface area contributed by atoms with Crippen LogP contribution in [-0.4, -0.2) is 39.0 Å². The smallest absolute Gasteiger partial charge is 0.275 e. The first kappa shape index (κ1) is 21.3. The van der Waals surface area contributed by atoms with Crippen LogP contribution in [0.3, 0.4) is 0 Å². The molecule has 33 heavy (non-hydrogen) atoms. The van der Waals surface area contributed by atoms with Gasteiger partial charge in [0.1, 0.15) is 23.0 Å². The molecule has 4 heterocycles. The van der Waals surface area contributed by atoms with Crippen molar-refractivity contribution in [1.82, 2.24) is 14.8 Å². The maximum Gasteiger partial charge on any atom is 0.275 e. The van der Waals surface area contributed by atoms with Crippen LogP contribution in [0.1, 0.15) is 51.9 Å². The number of fused-ring (bicyclic) bond motifs is 1. The molecular weight excluding hydrogens is 439 g/mol. The van der Waals surface area contributed by atoms with Crippen LogP contribution in [0.25, 0.3) is 0 Å². The number of aromatic hydroxyl groups is 1. The molecule has 3 aliphatic rings. The number of halogens is 3. The standard InChI is InChI=1S/C23H20F3N3O4/c1-11-3-2-5-23-6-4-16-17(19(30)20(31)18(29(16)23)22(33)28(11)10-23)21(32)27-9-13-14(25)7-12(24)8-15(13)26/h2-3,7-8,11,31H,4-6,9-10H2,1H3,(H,27,32)/t11-,23+/m0/s1. The van der Waals surface area contributed by atoms with Crippen LogP contribution < -0.4 is 10.7 Å². The molecule has 7 nitrogen and oxygen atoms in total. The fourth-order valence-corrected chi connectivity index (χ4v) is 5.21. The van der Waals surface area contributed by atoms with E-state index in [1.54, 1.807) is 9.47 Å². The first-order valence-electron chi connectivity index (χ1n) is 10.6. The van der Waals surface area contributed by atoms with Gasteiger partial charge in [-0.05, 0) is 26.2 Å². The summed E-state index contributed by atoms with van der Waals surface area (Å²) in [6.45, 7) is 1.59. The predicted octanol–water partition coefficient (Wildman–Crippen LogP) is 2.35. The van der Waals surface area contributed by atoms with Crippen molar-refractivity contribution in [3.05, 3.63) is 74.5 Å². The van der Waals surface area contributed by atoms with Crippen molar-refractivity contribution in [2.45, 2.75) is 44.3 Å². The number of hydrogen-bond donors (Lipinski definition) is 2. The van der Waals surface area contributed by atoms with Gasteiger partial charge in [0.25, 0.3) is 11.8 Å². The van der Waals surface area contributed by atoms with Gasteiger partial charge in [0.05, 0.1) is 5.54 Å². The van der Waals surface area contributed by atoms with Crippen molar-refractivity contribution in [2.75, 3.05) is 6.54 Å². The SMILES string of the molecule is C[C@H]1C=CC[C@]23CCc4c(C(=O)NCc5c(F)cc(F)cc5F)c(=O)c(O)c(n42)C(=O)N1C3. The van der Waals surface area contributed by atoms with Crippen molar-refractivity contribution < 1.29 is 27.9 Å². The summed E-state index contributed by atoms with van der Waals surface area (Å²) in [6.07, 6.45) is 5.26. The van der Waals surface area contributed by atoms with Crippen LogP contribution in [0, 0.1) is 17.5 Å². The van der Waals surface area contributed by atoms with Crippen LogP contribution in [0.4, 0.5) is 13.2 Å². The van der Waals surface area contributed by atoms with E-state index in [9.17, 15) is 32.7 Å². The average molecular weight is 459 g/mol. The van der Waals surface area contributed by atoms with Crippen molar-refractivity contribution in [3.63, 3.8) is 0 Å². The lowest BCUT2D eigenvalue weighted by molar-refractivity contribution is 0.0524. The minimum Gasteiger partial charge on any atom is -0.503 e. The van der Waals surface area contributed by atoms with Gasteiger partial charge in [-0.3, -0.25) is 14.4 Å². The lowest BCUT2D eigenvalue weighted by atomic mass is 9.90. The Morgan fingerprint density at radius 3 is 2.64 bits per heavy atom. The molecule has 1 aromatic heterocycles. The Kier molecular flexibility index (Phi) is 4.66. The number of aromatic nitrogens is 1. The van der Waals surface area contributed by atoms with Crippen LogP contribution >= 0.6 is 0 Å². The quantitative estimate of drug-likeness (QED) is 0.690. The zero-order chi connectivity index (χ0) is 23.7. The van der Waals surface area contributed by atoms with E-state index in [4.69, 9.17) is 0 Å². The number of benzene rings is 1. The van der Waals surface area contributed by atoms with Gasteiger partial charge in [-0.1, -0.05) is 12.2 Å². The first-order valence-corrected chi connectivity index (χ1v) is 10.6. The van der Waals surface area contributed by atoms with Crippen molar-refractivity contribution in [2.24, 2.45) is 0 Å². The van der Waals surface area contributed by atoms with E-state index in [-0.39, 0.29) is 17.3 Å². The van der Waals surface area contributed by atoms with Crippen LogP contribution in [-0.2, 0) is 18.5 Å². The van der Waals surface area contributed by atoms with E-state index in [0.29, 0.717) is 43.6 Å². The largest absolute Gasteiger partial charge is 0.503 e. The molecule has 2 N–H and O–H groups in total. The number of carbonyl (C=O) groups excluding carboxylic acids is 2. The summed E-state index contributed by atoms with van der Waals surface area (Å²) in [5.74, 6) is -5.70. The third-order valence-electron chi connectivity index (χ3n) is 6.84. The van der Waals surface area contributed by atoms with E-state index >= 15 is 0 Å². The van der Waals surface area contributed by atoms with Gasteiger partial charge in [0, 0.05) is 42.5 Å². The molecule has 0 saturated heterocycles. The van der Waals surface area contributed by atoms with E-state index < -0.39 is 58.1 Å². The molecule has 0 fully saturated rings. The number of carbonyl (C=O) groups is 2. The highest BCUT2D eigenvalue weighted by molar-refractivity contribution is 6.00. The van der Waals surface area contributed by atoms with Crippen molar-refractivity contribution in [3.8, 4) is 5.75 Å². The summed E-state index contributed by atoms with van der Waals surface area (Å²) in [4.78, 5) is 40.7. The second-order valence-corrected chi connectivity index (χ2v) is 8.74. The number of nitrogens with zero attached hydrogens (tertiary/aromatic N) is 2. The van der Waals surface area contributed by atoms with E-state index in [2.05, 4.69) is 5.32 Å². The fourth-order valence-electron chi connectivity index (χ4n) is 5.21. The van der Waals surface area contributed by atoms with Gasteiger partial charge in [-0.2, -0.15) is 0 Å². The monoisotopic (exact) mass is 459 g/mol. The number of amides is 2. The van der Waals surface area contributed by atoms with Gasteiger partial charge in [0.15, 0.2) is 11.4 Å². The number of nitrogens with one attached hydrogen (secondary N) is 1. The molecule has 1 aromatic carbocycles. The van der Waals surface area contributed by atoms with Crippen molar-refractivity contribution >= 4 is 11.8 Å². The van der Waals surface area contributed by atoms with E-state index in [1.165, 1.54) is 0 Å². The van der Waals surface area contributed by atoms with Crippen LogP contribution in [0.5, 0.6) is 5.75 Å². The lowest BCUT2D eigenvalue weighted by Crippen LogP contribution is -2.54. The van der Waals surface area contributed by atoms with Gasteiger partial charge in [-0.15, -0.1) is 0 Å². The molecule has 0 aliphatic carbocycles. The highest BCUT2D eigenvalue weighted by Gasteiger charge is 2.51. The second-order valence-electron chi connectivity index (χ2n) is 8.74. The number of rotatable bonds is 3. The minimum absolute atomic E-state index is 0.138. The van der Waals surface area contributed by atoms with Crippen molar-refractivity contribution in [1.29, 1.82) is 0 Å². The Bertz CT molecular complexity index is 1300. The molecule has 0 unspecified atom stereocenters.